The Hall–Kier alpha value is -2.54. The van der Waals surface area contributed by atoms with Gasteiger partial charge in [0.25, 0.3) is 15.9 Å². The molecule has 0 atom stereocenters. The van der Waals surface area contributed by atoms with Crippen LogP contribution in [0.2, 0.25) is 10.0 Å². The van der Waals surface area contributed by atoms with Gasteiger partial charge in [0.1, 0.15) is 5.75 Å². The summed E-state index contributed by atoms with van der Waals surface area (Å²) in [6, 6.07) is 18.0. The van der Waals surface area contributed by atoms with Crippen molar-refractivity contribution in [2.75, 3.05) is 10.9 Å². The lowest BCUT2D eigenvalue weighted by Crippen LogP contribution is -2.37. The van der Waals surface area contributed by atoms with E-state index in [4.69, 9.17) is 27.9 Å². The smallest absolute Gasteiger partial charge is 0.272 e. The van der Waals surface area contributed by atoms with Crippen molar-refractivity contribution in [1.82, 2.24) is 0 Å². The normalized spacial score (nSPS) is 11.1. The number of carbonyl (C=O) groups is 1. The van der Waals surface area contributed by atoms with Crippen molar-refractivity contribution in [3.05, 3.63) is 88.4 Å². The maximum atomic E-state index is 13.4. The van der Waals surface area contributed by atoms with Gasteiger partial charge in [-0.2, -0.15) is 4.31 Å². The number of carbonyl (C=O) groups excluding carboxylic acids is 1. The first-order valence-electron chi connectivity index (χ1n) is 8.66. The number of halogens is 2. The van der Waals surface area contributed by atoms with Crippen LogP contribution in [0.5, 0.6) is 5.75 Å². The molecule has 3 rings (SSSR count). The number of benzene rings is 3. The van der Waals surface area contributed by atoms with Gasteiger partial charge in [-0.3, -0.25) is 4.79 Å². The molecule has 29 heavy (non-hydrogen) atoms. The van der Waals surface area contributed by atoms with Crippen molar-refractivity contribution in [3.63, 3.8) is 0 Å². The second kappa shape index (κ2) is 8.86. The summed E-state index contributed by atoms with van der Waals surface area (Å²) < 4.78 is 32.9. The second-order valence-electron chi connectivity index (χ2n) is 5.97. The Morgan fingerprint density at radius 3 is 2.17 bits per heavy atom. The minimum absolute atomic E-state index is 0.0637. The fraction of sp³-hybridized carbons (Fsp3) is 0.0952. The van der Waals surface area contributed by atoms with Crippen LogP contribution in [-0.4, -0.2) is 20.9 Å². The molecule has 3 aromatic carbocycles. The molecule has 0 fully saturated rings. The summed E-state index contributed by atoms with van der Waals surface area (Å²) >= 11 is 11.9. The van der Waals surface area contributed by atoms with Crippen molar-refractivity contribution in [1.29, 1.82) is 0 Å². The minimum Gasteiger partial charge on any atom is -0.494 e. The van der Waals surface area contributed by atoms with Crippen LogP contribution in [0.4, 0.5) is 5.69 Å². The van der Waals surface area contributed by atoms with E-state index < -0.39 is 15.9 Å². The quantitative estimate of drug-likeness (QED) is 0.503. The molecule has 0 spiro atoms. The Bertz CT molecular complexity index is 1110. The number of hydrogen-bond donors (Lipinski definition) is 0. The Kier molecular flexibility index (Phi) is 6.47. The van der Waals surface area contributed by atoms with Gasteiger partial charge in [0, 0.05) is 15.6 Å². The number of ether oxygens (including phenoxy) is 1. The molecule has 150 valence electrons. The number of sulfonamides is 1. The first-order chi connectivity index (χ1) is 13.8. The van der Waals surface area contributed by atoms with Crippen LogP contribution >= 0.6 is 23.2 Å². The zero-order valence-electron chi connectivity index (χ0n) is 15.4. The van der Waals surface area contributed by atoms with E-state index in [-0.39, 0.29) is 16.1 Å². The molecule has 0 radical (unpaired) electrons. The van der Waals surface area contributed by atoms with Crippen LogP contribution in [0.3, 0.4) is 0 Å². The molecule has 0 aliphatic heterocycles. The van der Waals surface area contributed by atoms with E-state index in [0.717, 1.165) is 4.31 Å². The molecule has 1 amide bonds. The summed E-state index contributed by atoms with van der Waals surface area (Å²) in [6.45, 7) is 2.31. The number of nitrogens with zero attached hydrogens (tertiary/aromatic N) is 1. The highest BCUT2D eigenvalue weighted by Gasteiger charge is 2.32. The van der Waals surface area contributed by atoms with Crippen molar-refractivity contribution < 1.29 is 17.9 Å². The first-order valence-corrected chi connectivity index (χ1v) is 10.9. The maximum absolute atomic E-state index is 13.4. The van der Waals surface area contributed by atoms with E-state index in [1.807, 2.05) is 6.92 Å². The molecule has 0 N–H and O–H groups in total. The summed E-state index contributed by atoms with van der Waals surface area (Å²) in [5.41, 5.74) is 0.317. The number of amides is 1. The molecule has 0 unspecified atom stereocenters. The van der Waals surface area contributed by atoms with Gasteiger partial charge in [0.05, 0.1) is 17.2 Å². The summed E-state index contributed by atoms with van der Waals surface area (Å²) in [5, 5.41) is 0.712. The molecular weight excluding hydrogens is 433 g/mol. The van der Waals surface area contributed by atoms with E-state index in [1.54, 1.807) is 24.3 Å². The zero-order valence-corrected chi connectivity index (χ0v) is 17.7. The van der Waals surface area contributed by atoms with Crippen LogP contribution in [-0.2, 0) is 10.0 Å². The standard InChI is InChI=1S/C21H17Cl2NO4S/c1-2-28-19-10-8-18(9-11-19)24(21(25)15-4-3-5-17(23)14-15)29(26,27)20-12-6-16(22)7-13-20/h3-14H,2H2,1H3. The molecule has 0 saturated carbocycles. The van der Waals surface area contributed by atoms with E-state index in [1.165, 1.54) is 48.5 Å². The van der Waals surface area contributed by atoms with Gasteiger partial charge in [-0.05, 0) is 73.7 Å². The van der Waals surface area contributed by atoms with Gasteiger partial charge in [0.2, 0.25) is 0 Å². The Labute approximate surface area is 179 Å². The van der Waals surface area contributed by atoms with E-state index in [9.17, 15) is 13.2 Å². The Morgan fingerprint density at radius 1 is 0.931 bits per heavy atom. The minimum atomic E-state index is -4.21. The lowest BCUT2D eigenvalue weighted by molar-refractivity contribution is 0.101. The van der Waals surface area contributed by atoms with Gasteiger partial charge in [-0.15, -0.1) is 0 Å². The van der Waals surface area contributed by atoms with Gasteiger partial charge in [-0.25, -0.2) is 8.42 Å². The third-order valence-corrected chi connectivity index (χ3v) is 6.20. The third kappa shape index (κ3) is 4.72. The first kappa shape index (κ1) is 21.2. The number of rotatable bonds is 6. The van der Waals surface area contributed by atoms with Crippen LogP contribution in [0, 0.1) is 0 Å². The molecule has 8 heteroatoms. The molecule has 5 nitrogen and oxygen atoms in total. The van der Waals surface area contributed by atoms with E-state index >= 15 is 0 Å². The van der Waals surface area contributed by atoms with Crippen LogP contribution < -0.4 is 9.04 Å². The van der Waals surface area contributed by atoms with Crippen LogP contribution in [0.15, 0.2) is 77.7 Å². The SMILES string of the molecule is CCOc1ccc(N(C(=O)c2cccc(Cl)c2)S(=O)(=O)c2ccc(Cl)cc2)cc1. The second-order valence-corrected chi connectivity index (χ2v) is 8.63. The topological polar surface area (TPSA) is 63.7 Å². The number of anilines is 1. The van der Waals surface area contributed by atoms with E-state index in [0.29, 0.717) is 22.4 Å². The van der Waals surface area contributed by atoms with Crippen molar-refractivity contribution in [2.24, 2.45) is 0 Å². The highest BCUT2D eigenvalue weighted by molar-refractivity contribution is 7.93. The lowest BCUT2D eigenvalue weighted by atomic mass is 10.2. The Morgan fingerprint density at radius 2 is 1.59 bits per heavy atom. The Balaban J connectivity index is 2.12. The molecule has 0 aromatic heterocycles. The average molecular weight is 450 g/mol. The predicted octanol–water partition coefficient (Wildman–Crippen LogP) is 5.43. The van der Waals surface area contributed by atoms with E-state index in [2.05, 4.69) is 0 Å². The number of hydrogen-bond acceptors (Lipinski definition) is 4. The fourth-order valence-electron chi connectivity index (χ4n) is 2.66. The summed E-state index contributed by atoms with van der Waals surface area (Å²) in [7, 11) is -4.21. The van der Waals surface area contributed by atoms with Crippen molar-refractivity contribution >= 4 is 44.8 Å². The van der Waals surface area contributed by atoms with Gasteiger partial charge in [-0.1, -0.05) is 29.3 Å². The lowest BCUT2D eigenvalue weighted by Gasteiger charge is -2.23. The van der Waals surface area contributed by atoms with Gasteiger partial charge in [0.15, 0.2) is 0 Å². The highest BCUT2D eigenvalue weighted by Crippen LogP contribution is 2.29. The molecule has 3 aromatic rings. The van der Waals surface area contributed by atoms with Crippen LogP contribution in [0.25, 0.3) is 0 Å². The summed E-state index contributed by atoms with van der Waals surface area (Å²) in [5.74, 6) is -0.165. The summed E-state index contributed by atoms with van der Waals surface area (Å²) in [6.07, 6.45) is 0. The van der Waals surface area contributed by atoms with Crippen molar-refractivity contribution in [2.45, 2.75) is 11.8 Å². The monoisotopic (exact) mass is 449 g/mol. The highest BCUT2D eigenvalue weighted by atomic mass is 35.5. The van der Waals surface area contributed by atoms with Gasteiger partial charge >= 0.3 is 0 Å². The third-order valence-electron chi connectivity index (χ3n) is 3.99. The molecule has 0 saturated heterocycles. The largest absolute Gasteiger partial charge is 0.494 e. The zero-order chi connectivity index (χ0) is 21.0. The summed E-state index contributed by atoms with van der Waals surface area (Å²) in [4.78, 5) is 13.2. The maximum Gasteiger partial charge on any atom is 0.272 e. The van der Waals surface area contributed by atoms with Crippen molar-refractivity contribution in [3.8, 4) is 5.75 Å². The average Bonchev–Trinajstić information content (AvgIpc) is 2.70. The molecule has 0 aliphatic rings. The molecule has 0 aliphatic carbocycles. The predicted molar refractivity (Wildman–Crippen MR) is 115 cm³/mol. The molecular formula is C21H17Cl2NO4S. The fourth-order valence-corrected chi connectivity index (χ4v) is 4.39. The molecule has 0 bridgehead atoms. The van der Waals surface area contributed by atoms with Crippen LogP contribution in [0.1, 0.15) is 17.3 Å². The molecule has 0 heterocycles. The van der Waals surface area contributed by atoms with Gasteiger partial charge < -0.3 is 4.74 Å².